The monoisotopic (exact) mass is 302 g/mol. The molecule has 2 aromatic rings. The molecule has 2 N–H and O–H groups in total. The quantitative estimate of drug-likeness (QED) is 0.877. The fourth-order valence-electron chi connectivity index (χ4n) is 2.26. The molecular weight excluding hydrogens is 284 g/mol. The molecule has 0 radical (unpaired) electrons. The molecule has 1 atom stereocenters. The van der Waals surface area contributed by atoms with Crippen LogP contribution in [-0.4, -0.2) is 28.4 Å². The molecule has 0 fully saturated rings. The van der Waals surface area contributed by atoms with E-state index < -0.39 is 0 Å². The van der Waals surface area contributed by atoms with E-state index in [1.807, 2.05) is 35.9 Å². The molecule has 1 aliphatic heterocycles. The van der Waals surface area contributed by atoms with Crippen LogP contribution in [0.4, 0.5) is 4.79 Å². The first-order chi connectivity index (χ1) is 10.7. The molecule has 0 saturated carbocycles. The molecule has 3 rings (SSSR count). The molecule has 2 heterocycles. The van der Waals surface area contributed by atoms with Crippen molar-refractivity contribution in [2.75, 3.05) is 6.79 Å². The van der Waals surface area contributed by atoms with Crippen LogP contribution in [0.3, 0.4) is 0 Å². The predicted octanol–water partition coefficient (Wildman–Crippen LogP) is 1.50. The van der Waals surface area contributed by atoms with Crippen LogP contribution in [-0.2, 0) is 13.1 Å². The molecule has 1 aromatic carbocycles. The number of fused-ring (bicyclic) bond motifs is 1. The largest absolute Gasteiger partial charge is 0.454 e. The number of rotatable bonds is 5. The summed E-state index contributed by atoms with van der Waals surface area (Å²) in [6.45, 7) is 3.30. The first-order valence-corrected chi connectivity index (χ1v) is 7.09. The first-order valence-electron chi connectivity index (χ1n) is 7.09. The van der Waals surface area contributed by atoms with Crippen LogP contribution in [0, 0.1) is 0 Å². The van der Waals surface area contributed by atoms with Gasteiger partial charge in [-0.2, -0.15) is 0 Å². The lowest BCUT2D eigenvalue weighted by Gasteiger charge is -2.15. The van der Waals surface area contributed by atoms with Crippen LogP contribution in [0.15, 0.2) is 36.9 Å². The maximum Gasteiger partial charge on any atom is 0.315 e. The predicted molar refractivity (Wildman–Crippen MR) is 79.6 cm³/mol. The second kappa shape index (κ2) is 6.38. The third-order valence-electron chi connectivity index (χ3n) is 3.31. The Hall–Kier alpha value is -2.70. The number of ether oxygens (including phenoxy) is 2. The lowest BCUT2D eigenvalue weighted by Crippen LogP contribution is -2.42. The number of imidazole rings is 1. The first kappa shape index (κ1) is 14.2. The smallest absolute Gasteiger partial charge is 0.315 e. The summed E-state index contributed by atoms with van der Waals surface area (Å²) in [6.07, 6.45) is 5.30. The van der Waals surface area contributed by atoms with E-state index in [0.717, 1.165) is 11.3 Å². The van der Waals surface area contributed by atoms with Gasteiger partial charge in [0.2, 0.25) is 6.79 Å². The molecule has 2 amide bonds. The number of nitrogens with zero attached hydrogens (tertiary/aromatic N) is 2. The van der Waals surface area contributed by atoms with E-state index in [1.54, 1.807) is 12.5 Å². The Morgan fingerprint density at radius 1 is 1.41 bits per heavy atom. The number of aromatic nitrogens is 2. The summed E-state index contributed by atoms with van der Waals surface area (Å²) in [5.74, 6) is 1.45. The summed E-state index contributed by atoms with van der Waals surface area (Å²) < 4.78 is 12.5. The van der Waals surface area contributed by atoms with Gasteiger partial charge in [-0.3, -0.25) is 0 Å². The number of hydrogen-bond donors (Lipinski definition) is 2. The highest BCUT2D eigenvalue weighted by molar-refractivity contribution is 5.74. The minimum Gasteiger partial charge on any atom is -0.454 e. The number of hydrogen-bond acceptors (Lipinski definition) is 4. The summed E-state index contributed by atoms with van der Waals surface area (Å²) in [5, 5.41) is 5.72. The topological polar surface area (TPSA) is 77.4 Å². The average Bonchev–Trinajstić information content (AvgIpc) is 3.15. The van der Waals surface area contributed by atoms with E-state index >= 15 is 0 Å². The average molecular weight is 302 g/mol. The third-order valence-corrected chi connectivity index (χ3v) is 3.31. The van der Waals surface area contributed by atoms with Crippen molar-refractivity contribution in [1.29, 1.82) is 0 Å². The van der Waals surface area contributed by atoms with Gasteiger partial charge in [0.25, 0.3) is 0 Å². The van der Waals surface area contributed by atoms with Gasteiger partial charge in [0, 0.05) is 31.5 Å². The highest BCUT2D eigenvalue weighted by atomic mass is 16.7. The van der Waals surface area contributed by atoms with E-state index in [1.165, 1.54) is 0 Å². The fraction of sp³-hybridized carbons (Fsp3) is 0.333. The molecule has 116 valence electrons. The molecule has 1 aliphatic rings. The highest BCUT2D eigenvalue weighted by Crippen LogP contribution is 2.32. The molecule has 0 bridgehead atoms. The van der Waals surface area contributed by atoms with Gasteiger partial charge in [0.15, 0.2) is 11.5 Å². The minimum absolute atomic E-state index is 0.00551. The van der Waals surface area contributed by atoms with Crippen molar-refractivity contribution in [3.63, 3.8) is 0 Å². The van der Waals surface area contributed by atoms with Crippen LogP contribution in [0.1, 0.15) is 12.5 Å². The van der Waals surface area contributed by atoms with Gasteiger partial charge in [-0.25, -0.2) is 9.78 Å². The Labute approximate surface area is 128 Å². The van der Waals surface area contributed by atoms with Crippen LogP contribution >= 0.6 is 0 Å². The highest BCUT2D eigenvalue weighted by Gasteiger charge is 2.13. The van der Waals surface area contributed by atoms with Gasteiger partial charge in [-0.15, -0.1) is 0 Å². The van der Waals surface area contributed by atoms with Gasteiger partial charge < -0.3 is 24.7 Å². The van der Waals surface area contributed by atoms with Gasteiger partial charge in [-0.05, 0) is 24.6 Å². The van der Waals surface area contributed by atoms with Crippen molar-refractivity contribution < 1.29 is 14.3 Å². The van der Waals surface area contributed by atoms with E-state index in [-0.39, 0.29) is 18.9 Å². The molecule has 0 spiro atoms. The molecule has 0 saturated heterocycles. The summed E-state index contributed by atoms with van der Waals surface area (Å²) in [4.78, 5) is 15.9. The zero-order chi connectivity index (χ0) is 15.4. The van der Waals surface area contributed by atoms with Crippen LogP contribution in [0.5, 0.6) is 11.5 Å². The van der Waals surface area contributed by atoms with E-state index in [2.05, 4.69) is 15.6 Å². The standard InChI is InChI=1S/C15H18N4O3/c1-11(8-19-5-4-16-9-19)18-15(20)17-7-12-2-3-13-14(6-12)22-10-21-13/h2-6,9,11H,7-8,10H2,1H3,(H2,17,18,20). The lowest BCUT2D eigenvalue weighted by atomic mass is 10.2. The van der Waals surface area contributed by atoms with E-state index in [9.17, 15) is 4.79 Å². The van der Waals surface area contributed by atoms with Crippen molar-refractivity contribution >= 4 is 6.03 Å². The Morgan fingerprint density at radius 3 is 3.09 bits per heavy atom. The van der Waals surface area contributed by atoms with Gasteiger partial charge in [-0.1, -0.05) is 6.07 Å². The molecule has 1 aromatic heterocycles. The normalized spacial score (nSPS) is 13.7. The van der Waals surface area contributed by atoms with Crippen LogP contribution < -0.4 is 20.1 Å². The summed E-state index contributed by atoms with van der Waals surface area (Å²) in [7, 11) is 0. The summed E-state index contributed by atoms with van der Waals surface area (Å²) in [6, 6.07) is 5.43. The van der Waals surface area contributed by atoms with Crippen molar-refractivity contribution in [1.82, 2.24) is 20.2 Å². The molecule has 1 unspecified atom stereocenters. The molecule has 22 heavy (non-hydrogen) atoms. The zero-order valence-corrected chi connectivity index (χ0v) is 12.3. The number of amides is 2. The molecular formula is C15H18N4O3. The van der Waals surface area contributed by atoms with Gasteiger partial charge in [0.1, 0.15) is 0 Å². The van der Waals surface area contributed by atoms with Crippen molar-refractivity contribution in [3.05, 3.63) is 42.5 Å². The number of urea groups is 1. The third kappa shape index (κ3) is 3.49. The Balaban J connectivity index is 1.46. The molecule has 7 nitrogen and oxygen atoms in total. The van der Waals surface area contributed by atoms with Crippen molar-refractivity contribution in [3.8, 4) is 11.5 Å². The van der Waals surface area contributed by atoms with Crippen molar-refractivity contribution in [2.45, 2.75) is 26.1 Å². The number of carbonyl (C=O) groups is 1. The van der Waals surface area contributed by atoms with Crippen molar-refractivity contribution in [2.24, 2.45) is 0 Å². The maximum absolute atomic E-state index is 11.9. The fourth-order valence-corrected chi connectivity index (χ4v) is 2.26. The Kier molecular flexibility index (Phi) is 4.13. The Morgan fingerprint density at radius 2 is 2.27 bits per heavy atom. The molecule has 0 aliphatic carbocycles. The number of nitrogens with one attached hydrogen (secondary N) is 2. The number of benzene rings is 1. The zero-order valence-electron chi connectivity index (χ0n) is 12.3. The summed E-state index contributed by atoms with van der Waals surface area (Å²) >= 11 is 0. The lowest BCUT2D eigenvalue weighted by molar-refractivity contribution is 0.174. The van der Waals surface area contributed by atoms with Gasteiger partial charge in [0.05, 0.1) is 6.33 Å². The minimum atomic E-state index is -0.203. The number of carbonyl (C=O) groups excluding carboxylic acids is 1. The molecule has 7 heteroatoms. The van der Waals surface area contributed by atoms with Crippen LogP contribution in [0.25, 0.3) is 0 Å². The van der Waals surface area contributed by atoms with E-state index in [0.29, 0.717) is 18.8 Å². The van der Waals surface area contributed by atoms with Gasteiger partial charge >= 0.3 is 6.03 Å². The second-order valence-corrected chi connectivity index (χ2v) is 5.18. The SMILES string of the molecule is CC(Cn1ccnc1)NC(=O)NCc1ccc2c(c1)OCO2. The summed E-state index contributed by atoms with van der Waals surface area (Å²) in [5.41, 5.74) is 0.960. The Bertz CT molecular complexity index is 642. The van der Waals surface area contributed by atoms with E-state index in [4.69, 9.17) is 9.47 Å². The van der Waals surface area contributed by atoms with Crippen LogP contribution in [0.2, 0.25) is 0 Å². The second-order valence-electron chi connectivity index (χ2n) is 5.18. The maximum atomic E-state index is 11.9.